The first-order chi connectivity index (χ1) is 43.3. The number of amides is 4. The highest BCUT2D eigenvalue weighted by Gasteiger charge is 2.40. The number of nitrogens with one attached hydrogen (secondary N) is 4. The molecule has 4 aromatic carbocycles. The molecule has 1 unspecified atom stereocenters. The smallest absolute Gasteiger partial charge is 0.293 e. The highest BCUT2D eigenvalue weighted by molar-refractivity contribution is 7.90. The molecule has 3 saturated heterocycles. The summed E-state index contributed by atoms with van der Waals surface area (Å²) in [7, 11) is -2.49. The van der Waals surface area contributed by atoms with Crippen molar-refractivity contribution in [2.75, 3.05) is 89.3 Å². The highest BCUT2D eigenvalue weighted by atomic mass is 35.5. The molecule has 4 amide bonds. The van der Waals surface area contributed by atoms with Crippen molar-refractivity contribution in [3.8, 4) is 23.3 Å². The minimum absolute atomic E-state index is 0.0481. The number of sulfonamides is 1. The van der Waals surface area contributed by atoms with Gasteiger partial charge in [0.05, 0.1) is 21.6 Å². The van der Waals surface area contributed by atoms with Crippen LogP contribution in [0.2, 0.25) is 5.02 Å². The number of aromatic amines is 1. The normalized spacial score (nSPS) is 18.4. The van der Waals surface area contributed by atoms with Crippen LogP contribution in [-0.2, 0) is 26.2 Å². The van der Waals surface area contributed by atoms with E-state index in [9.17, 15) is 37.7 Å². The molecule has 0 radical (unpaired) electrons. The summed E-state index contributed by atoms with van der Waals surface area (Å²) in [4.78, 5) is 81.6. The van der Waals surface area contributed by atoms with Crippen LogP contribution in [0.15, 0.2) is 114 Å². The number of allylic oxidation sites excluding steroid dienone is 1. The molecule has 11 rings (SSSR count). The third-order valence-corrected chi connectivity index (χ3v) is 19.8. The van der Waals surface area contributed by atoms with Gasteiger partial charge in [-0.15, -0.1) is 0 Å². The molecule has 20 nitrogen and oxygen atoms in total. The van der Waals surface area contributed by atoms with E-state index in [1.807, 2.05) is 30.3 Å². The summed E-state index contributed by atoms with van der Waals surface area (Å²) in [5.74, 6) is 5.35. The molecule has 0 bridgehead atoms. The summed E-state index contributed by atoms with van der Waals surface area (Å²) in [5.41, 5.74) is 7.65. The highest BCUT2D eigenvalue weighted by Crippen LogP contribution is 2.44. The molecule has 0 saturated carbocycles. The van der Waals surface area contributed by atoms with Crippen molar-refractivity contribution in [2.45, 2.75) is 102 Å². The van der Waals surface area contributed by atoms with Crippen molar-refractivity contribution in [3.05, 3.63) is 152 Å². The molecule has 1 atom stereocenters. The predicted octanol–water partition coefficient (Wildman–Crippen LogP) is 10.3. The zero-order valence-corrected chi connectivity index (χ0v) is 52.9. The number of benzene rings is 4. The van der Waals surface area contributed by atoms with E-state index < -0.39 is 43.4 Å². The van der Waals surface area contributed by atoms with E-state index in [2.05, 4.69) is 89.8 Å². The monoisotopic (exact) mass is 1260 g/mol. The third-order valence-electron chi connectivity index (χ3n) is 18.2. The number of anilines is 2. The molecular weight excluding hydrogens is 1180 g/mol. The number of likely N-dealkylation sites (tertiary alicyclic amines) is 1. The molecule has 5 aliphatic rings. The fourth-order valence-corrected chi connectivity index (χ4v) is 14.1. The second-order valence-electron chi connectivity index (χ2n) is 25.2. The quantitative estimate of drug-likeness (QED) is 0.0163. The number of hydrogen-bond acceptors (Lipinski definition) is 15. The molecule has 2 aromatic heterocycles. The van der Waals surface area contributed by atoms with Gasteiger partial charge in [0.15, 0.2) is 0 Å². The van der Waals surface area contributed by atoms with Gasteiger partial charge in [-0.3, -0.25) is 39.5 Å². The van der Waals surface area contributed by atoms with E-state index >= 15 is 0 Å². The Bertz CT molecular complexity index is 3900. The van der Waals surface area contributed by atoms with Gasteiger partial charge in [0.1, 0.15) is 28.9 Å². The zero-order chi connectivity index (χ0) is 63.1. The lowest BCUT2D eigenvalue weighted by molar-refractivity contribution is -0.384. The number of piperazine rings is 1. The van der Waals surface area contributed by atoms with Gasteiger partial charge >= 0.3 is 0 Å². The minimum atomic E-state index is -4.62. The Balaban J connectivity index is 0.640. The number of H-pyrrole nitrogens is 1. The molecular formula is C68H78ClN11O9S. The summed E-state index contributed by atoms with van der Waals surface area (Å²) in [6, 6.07) is 25.3. The van der Waals surface area contributed by atoms with Crippen molar-refractivity contribution in [3.63, 3.8) is 0 Å². The second kappa shape index (κ2) is 27.9. The van der Waals surface area contributed by atoms with Gasteiger partial charge in [-0.1, -0.05) is 61.1 Å². The van der Waals surface area contributed by atoms with E-state index in [-0.39, 0.29) is 46.6 Å². The molecule has 0 spiro atoms. The topological polar surface area (TPSA) is 236 Å². The van der Waals surface area contributed by atoms with Crippen LogP contribution in [0.1, 0.15) is 122 Å². The Morgan fingerprint density at radius 3 is 2.48 bits per heavy atom. The number of halogens is 1. The number of hydrogen-bond donors (Lipinski definition) is 4. The van der Waals surface area contributed by atoms with Gasteiger partial charge in [0, 0.05) is 104 Å². The van der Waals surface area contributed by atoms with Crippen molar-refractivity contribution in [1.29, 1.82) is 0 Å². The summed E-state index contributed by atoms with van der Waals surface area (Å²) >= 11 is 6.28. The standard InChI is InChI=1S/C68H78ClN11O9S/c1-68(2)27-23-50(57(41-68)48-13-15-51(69)16-14-48)44-77-34-36-78(37-35-77)52-17-19-56(62(39-52)89-53-38-49-24-28-70-64(49)72-43-53)65(82)74-90(87,88)54-18-20-59(61(40-54)80(85)86)71-42-46-25-32-76(33-26-46)31-9-30-75(3)29-7-5-4-6-10-47-11-8-12-55-58(47)45-79(67(55)84)60-21-22-63(81)73-66(60)83/h8,11-20,24,28,38-40,43,46,60,71H,4-5,7,9,21-23,25-27,29-37,41-42,44-45H2,1-3H3,(H,70,72)(H,74,82)(H,73,81,83). The summed E-state index contributed by atoms with van der Waals surface area (Å²) in [6.45, 7) is 14.0. The number of piperidine rings is 2. The molecule has 4 aliphatic heterocycles. The van der Waals surface area contributed by atoms with Crippen LogP contribution in [0, 0.1) is 33.3 Å². The molecule has 1 aliphatic carbocycles. The Hall–Kier alpha value is -8.13. The summed E-state index contributed by atoms with van der Waals surface area (Å²) in [5, 5.41) is 19.6. The van der Waals surface area contributed by atoms with E-state index in [4.69, 9.17) is 16.3 Å². The number of fused-ring (bicyclic) bond motifs is 2. The average molecular weight is 1260 g/mol. The molecule has 3 fully saturated rings. The first-order valence-corrected chi connectivity index (χ1v) is 33.1. The van der Waals surface area contributed by atoms with Crippen LogP contribution in [0.4, 0.5) is 17.1 Å². The Morgan fingerprint density at radius 1 is 0.911 bits per heavy atom. The number of aromatic nitrogens is 2. The number of imide groups is 1. The minimum Gasteiger partial charge on any atom is -0.455 e. The van der Waals surface area contributed by atoms with E-state index in [0.717, 1.165) is 143 Å². The van der Waals surface area contributed by atoms with Crippen molar-refractivity contribution in [2.24, 2.45) is 11.3 Å². The fraction of sp³-hybridized carbons (Fsp3) is 0.426. The lowest BCUT2D eigenvalue weighted by Gasteiger charge is -2.39. The van der Waals surface area contributed by atoms with Crippen LogP contribution in [-0.4, -0.2) is 152 Å². The van der Waals surface area contributed by atoms with Crippen LogP contribution >= 0.6 is 11.6 Å². The number of pyridine rings is 1. The van der Waals surface area contributed by atoms with Crippen LogP contribution in [0.25, 0.3) is 16.6 Å². The third kappa shape index (κ3) is 15.4. The predicted molar refractivity (Wildman–Crippen MR) is 348 cm³/mol. The molecule has 6 heterocycles. The summed E-state index contributed by atoms with van der Waals surface area (Å²) < 4.78 is 36.5. The number of unbranched alkanes of at least 4 members (excludes halogenated alkanes) is 2. The van der Waals surface area contributed by atoms with Gasteiger partial charge < -0.3 is 34.6 Å². The molecule has 4 N–H and O–H groups in total. The van der Waals surface area contributed by atoms with E-state index in [0.29, 0.717) is 49.6 Å². The number of nitrogens with zero attached hydrogens (tertiary/aromatic N) is 7. The first kappa shape index (κ1) is 63.4. The van der Waals surface area contributed by atoms with Crippen LogP contribution in [0.3, 0.4) is 0 Å². The molecule has 472 valence electrons. The van der Waals surface area contributed by atoms with Gasteiger partial charge in [-0.05, 0) is 186 Å². The number of carbonyl (C=O) groups is 4. The van der Waals surface area contributed by atoms with Gasteiger partial charge in [-0.25, -0.2) is 18.1 Å². The number of ether oxygens (including phenoxy) is 1. The lowest BCUT2D eigenvalue weighted by atomic mass is 9.72. The van der Waals surface area contributed by atoms with Crippen molar-refractivity contribution >= 4 is 78.9 Å². The first-order valence-electron chi connectivity index (χ1n) is 31.3. The number of nitro groups is 1. The second-order valence-corrected chi connectivity index (χ2v) is 27.4. The maximum absolute atomic E-state index is 14.2. The Morgan fingerprint density at radius 2 is 1.70 bits per heavy atom. The summed E-state index contributed by atoms with van der Waals surface area (Å²) in [6.07, 6.45) is 12.5. The van der Waals surface area contributed by atoms with Crippen LogP contribution in [0.5, 0.6) is 11.5 Å². The SMILES string of the molecule is CN(CCCCC#Cc1cccc2c1CN(C1CCC(=O)NC1=O)C2=O)CCCN1CCC(CNc2ccc(S(=O)(=O)NC(=O)c3ccc(N4CCN(CC5=C(c6ccc(Cl)cc6)CC(C)(C)CC5)CC4)cc3Oc3cnc4[nH]ccc4c3)cc2[N+](=O)[O-])CC1. The molecule has 6 aromatic rings. The number of carbonyl (C=O) groups excluding carboxylic acids is 4. The number of rotatable bonds is 22. The molecule has 90 heavy (non-hydrogen) atoms. The van der Waals surface area contributed by atoms with Gasteiger partial charge in [0.2, 0.25) is 11.8 Å². The zero-order valence-electron chi connectivity index (χ0n) is 51.3. The van der Waals surface area contributed by atoms with E-state index in [1.54, 1.807) is 41.4 Å². The average Bonchev–Trinajstić information content (AvgIpc) is 1.66. The maximum Gasteiger partial charge on any atom is 0.293 e. The fourth-order valence-electron chi connectivity index (χ4n) is 13.0. The largest absolute Gasteiger partial charge is 0.455 e. The maximum atomic E-state index is 14.2. The van der Waals surface area contributed by atoms with Crippen molar-refractivity contribution < 1.29 is 37.3 Å². The Labute approximate surface area is 530 Å². The van der Waals surface area contributed by atoms with Gasteiger partial charge in [0.25, 0.3) is 27.5 Å². The van der Waals surface area contributed by atoms with Gasteiger partial charge in [-0.2, -0.15) is 0 Å². The Kier molecular flexibility index (Phi) is 19.7. The van der Waals surface area contributed by atoms with E-state index in [1.165, 1.54) is 35.0 Å². The number of nitro benzene ring substituents is 1. The lowest BCUT2D eigenvalue weighted by Crippen LogP contribution is -2.52. The molecule has 22 heteroatoms. The van der Waals surface area contributed by atoms with Crippen LogP contribution < -0.4 is 25.0 Å². The van der Waals surface area contributed by atoms with Crippen molar-refractivity contribution in [1.82, 2.24) is 39.6 Å².